The Kier molecular flexibility index (Phi) is 10.2. The molecular weight excluding hydrogens is 288 g/mol. The minimum atomic E-state index is -0.959. The van der Waals surface area contributed by atoms with E-state index in [0.29, 0.717) is 12.0 Å². The van der Waals surface area contributed by atoms with Crippen molar-refractivity contribution >= 4 is 5.97 Å². The van der Waals surface area contributed by atoms with Gasteiger partial charge in [-0.15, -0.1) is 0 Å². The zero-order valence-electron chi connectivity index (χ0n) is 14.5. The summed E-state index contributed by atoms with van der Waals surface area (Å²) in [6, 6.07) is 4.72. The van der Waals surface area contributed by atoms with Gasteiger partial charge in [-0.05, 0) is 25.0 Å². The van der Waals surface area contributed by atoms with Gasteiger partial charge < -0.3 is 10.2 Å². The Morgan fingerprint density at radius 1 is 0.870 bits per heavy atom. The molecular formula is C20H32O3. The normalized spacial score (nSPS) is 10.8. The zero-order chi connectivity index (χ0) is 16.9. The van der Waals surface area contributed by atoms with Crippen molar-refractivity contribution in [2.24, 2.45) is 0 Å². The second-order valence-corrected chi connectivity index (χ2v) is 6.39. The van der Waals surface area contributed by atoms with Gasteiger partial charge in [0.15, 0.2) is 0 Å². The van der Waals surface area contributed by atoms with E-state index in [-0.39, 0.29) is 11.3 Å². The second-order valence-electron chi connectivity index (χ2n) is 6.39. The van der Waals surface area contributed by atoms with Crippen LogP contribution in [0.4, 0.5) is 0 Å². The molecule has 1 rings (SSSR count). The van der Waals surface area contributed by atoms with Crippen LogP contribution in [-0.4, -0.2) is 16.2 Å². The van der Waals surface area contributed by atoms with E-state index >= 15 is 0 Å². The van der Waals surface area contributed by atoms with E-state index in [1.807, 2.05) is 0 Å². The largest absolute Gasteiger partial charge is 0.508 e. The van der Waals surface area contributed by atoms with Gasteiger partial charge in [-0.25, -0.2) is 4.79 Å². The number of hydrogen-bond acceptors (Lipinski definition) is 2. The van der Waals surface area contributed by atoms with Gasteiger partial charge in [0.2, 0.25) is 0 Å². The molecule has 0 aliphatic heterocycles. The standard InChI is InChI=1S/C20H32O3/c1-2-3-4-5-6-7-8-9-10-11-12-14-17-18(20(22)23)15-13-16-19(17)21/h13,15-16,21H,2-12,14H2,1H3,(H,22,23). The molecule has 0 fully saturated rings. The average molecular weight is 320 g/mol. The fourth-order valence-electron chi connectivity index (χ4n) is 3.00. The van der Waals surface area contributed by atoms with Crippen LogP contribution >= 0.6 is 0 Å². The molecule has 0 unspecified atom stereocenters. The molecule has 23 heavy (non-hydrogen) atoms. The first-order chi connectivity index (χ1) is 11.2. The van der Waals surface area contributed by atoms with Crippen LogP contribution in [0.2, 0.25) is 0 Å². The number of carboxylic acid groups (broad SMARTS) is 1. The summed E-state index contributed by atoms with van der Waals surface area (Å²) in [6.07, 6.45) is 14.6. The predicted octanol–water partition coefficient (Wildman–Crippen LogP) is 5.94. The molecule has 0 saturated carbocycles. The predicted molar refractivity (Wildman–Crippen MR) is 95.2 cm³/mol. The SMILES string of the molecule is CCCCCCCCCCCCCc1c(O)cccc1C(=O)O. The molecule has 0 amide bonds. The van der Waals surface area contributed by atoms with E-state index in [1.165, 1.54) is 57.8 Å². The fraction of sp³-hybridized carbons (Fsp3) is 0.650. The maximum atomic E-state index is 11.2. The van der Waals surface area contributed by atoms with Crippen molar-refractivity contribution in [1.29, 1.82) is 0 Å². The molecule has 3 heteroatoms. The number of phenolic OH excluding ortho intramolecular Hbond substituents is 1. The highest BCUT2D eigenvalue weighted by Crippen LogP contribution is 2.23. The number of hydrogen-bond donors (Lipinski definition) is 2. The zero-order valence-corrected chi connectivity index (χ0v) is 14.5. The highest BCUT2D eigenvalue weighted by atomic mass is 16.4. The number of carboxylic acids is 1. The second kappa shape index (κ2) is 12.0. The number of aromatic hydroxyl groups is 1. The number of aromatic carboxylic acids is 1. The molecule has 1 aromatic carbocycles. The highest BCUT2D eigenvalue weighted by molar-refractivity contribution is 5.90. The number of unbranched alkanes of at least 4 members (excludes halogenated alkanes) is 10. The van der Waals surface area contributed by atoms with Crippen LogP contribution in [0.5, 0.6) is 5.75 Å². The fourth-order valence-corrected chi connectivity index (χ4v) is 3.00. The average Bonchev–Trinajstić information content (AvgIpc) is 2.53. The third kappa shape index (κ3) is 8.06. The summed E-state index contributed by atoms with van der Waals surface area (Å²) in [5, 5.41) is 19.0. The van der Waals surface area contributed by atoms with Gasteiger partial charge >= 0.3 is 5.97 Å². The Morgan fingerprint density at radius 2 is 1.39 bits per heavy atom. The van der Waals surface area contributed by atoms with Crippen LogP contribution < -0.4 is 0 Å². The third-order valence-electron chi connectivity index (χ3n) is 4.41. The summed E-state index contributed by atoms with van der Waals surface area (Å²) in [5.74, 6) is -0.851. The first-order valence-corrected chi connectivity index (χ1v) is 9.21. The van der Waals surface area contributed by atoms with Crippen molar-refractivity contribution in [3.8, 4) is 5.75 Å². The lowest BCUT2D eigenvalue weighted by Gasteiger charge is -2.08. The van der Waals surface area contributed by atoms with Gasteiger partial charge in [0.25, 0.3) is 0 Å². The molecule has 0 aliphatic rings. The summed E-state index contributed by atoms with van der Waals surface area (Å²) >= 11 is 0. The molecule has 2 N–H and O–H groups in total. The smallest absolute Gasteiger partial charge is 0.336 e. The first-order valence-electron chi connectivity index (χ1n) is 9.21. The van der Waals surface area contributed by atoms with Crippen LogP contribution in [0.15, 0.2) is 18.2 Å². The maximum absolute atomic E-state index is 11.2. The molecule has 0 spiro atoms. The van der Waals surface area contributed by atoms with Gasteiger partial charge in [0.05, 0.1) is 5.56 Å². The Morgan fingerprint density at radius 3 is 1.91 bits per heavy atom. The van der Waals surface area contributed by atoms with Crippen molar-refractivity contribution in [2.45, 2.75) is 84.0 Å². The van der Waals surface area contributed by atoms with Crippen LogP contribution in [0.25, 0.3) is 0 Å². The van der Waals surface area contributed by atoms with Crippen LogP contribution in [0.3, 0.4) is 0 Å². The third-order valence-corrected chi connectivity index (χ3v) is 4.41. The molecule has 0 radical (unpaired) electrons. The number of phenols is 1. The van der Waals surface area contributed by atoms with E-state index < -0.39 is 5.97 Å². The summed E-state index contributed by atoms with van der Waals surface area (Å²) in [7, 11) is 0. The van der Waals surface area contributed by atoms with Crippen molar-refractivity contribution in [2.75, 3.05) is 0 Å². The minimum absolute atomic E-state index is 0.108. The Balaban J connectivity index is 2.11. The number of carbonyl (C=O) groups is 1. The molecule has 0 heterocycles. The lowest BCUT2D eigenvalue weighted by atomic mass is 9.99. The van der Waals surface area contributed by atoms with Gasteiger partial charge in [0, 0.05) is 5.56 Å². The van der Waals surface area contributed by atoms with Crippen molar-refractivity contribution in [3.63, 3.8) is 0 Å². The van der Waals surface area contributed by atoms with Crippen LogP contribution in [-0.2, 0) is 6.42 Å². The first kappa shape index (κ1) is 19.5. The molecule has 0 saturated heterocycles. The summed E-state index contributed by atoms with van der Waals surface area (Å²) in [4.78, 5) is 11.2. The van der Waals surface area contributed by atoms with E-state index in [2.05, 4.69) is 6.92 Å². The van der Waals surface area contributed by atoms with Gasteiger partial charge in [-0.1, -0.05) is 77.2 Å². The number of rotatable bonds is 13. The molecule has 1 aromatic rings. The van der Waals surface area contributed by atoms with E-state index in [9.17, 15) is 9.90 Å². The molecule has 3 nitrogen and oxygen atoms in total. The number of benzene rings is 1. The summed E-state index contributed by atoms with van der Waals surface area (Å²) in [6.45, 7) is 2.24. The van der Waals surface area contributed by atoms with Crippen LogP contribution in [0.1, 0.15) is 93.5 Å². The summed E-state index contributed by atoms with van der Waals surface area (Å²) in [5.41, 5.74) is 0.813. The monoisotopic (exact) mass is 320 g/mol. The minimum Gasteiger partial charge on any atom is -0.508 e. The molecule has 0 atom stereocenters. The van der Waals surface area contributed by atoms with Crippen molar-refractivity contribution in [1.82, 2.24) is 0 Å². The Labute approximate surface area is 140 Å². The van der Waals surface area contributed by atoms with E-state index in [1.54, 1.807) is 18.2 Å². The lowest BCUT2D eigenvalue weighted by Crippen LogP contribution is -2.02. The van der Waals surface area contributed by atoms with E-state index in [0.717, 1.165) is 12.8 Å². The topological polar surface area (TPSA) is 57.5 Å². The Hall–Kier alpha value is -1.51. The Bertz CT molecular complexity index is 454. The molecule has 0 bridgehead atoms. The quantitative estimate of drug-likeness (QED) is 0.442. The van der Waals surface area contributed by atoms with Gasteiger partial charge in [-0.2, -0.15) is 0 Å². The molecule has 130 valence electrons. The highest BCUT2D eigenvalue weighted by Gasteiger charge is 2.12. The van der Waals surface area contributed by atoms with E-state index in [4.69, 9.17) is 5.11 Å². The summed E-state index contributed by atoms with van der Waals surface area (Å²) < 4.78 is 0. The lowest BCUT2D eigenvalue weighted by molar-refractivity contribution is 0.0695. The van der Waals surface area contributed by atoms with Gasteiger partial charge in [-0.3, -0.25) is 0 Å². The van der Waals surface area contributed by atoms with Gasteiger partial charge in [0.1, 0.15) is 5.75 Å². The maximum Gasteiger partial charge on any atom is 0.336 e. The van der Waals surface area contributed by atoms with Crippen molar-refractivity contribution in [3.05, 3.63) is 29.3 Å². The molecule has 0 aliphatic carbocycles. The van der Waals surface area contributed by atoms with Crippen LogP contribution in [0, 0.1) is 0 Å². The van der Waals surface area contributed by atoms with Crippen molar-refractivity contribution < 1.29 is 15.0 Å². The molecule has 0 aromatic heterocycles.